The number of rotatable bonds is 9. The molecule has 0 saturated carbocycles. The lowest BCUT2D eigenvalue weighted by molar-refractivity contribution is -0.126. The van der Waals surface area contributed by atoms with Crippen molar-refractivity contribution in [2.75, 3.05) is 25.5 Å². The van der Waals surface area contributed by atoms with Gasteiger partial charge in [-0.15, -0.1) is 0 Å². The lowest BCUT2D eigenvalue weighted by Crippen LogP contribution is -2.41. The number of methoxy groups -OCH3 is 1. The Hall–Kier alpha value is -4.83. The monoisotopic (exact) mass is 597 g/mol. The summed E-state index contributed by atoms with van der Waals surface area (Å²) in [6.45, 7) is 5.29. The molecular weight excluding hydrogens is 561 g/mol. The van der Waals surface area contributed by atoms with Crippen LogP contribution in [0.15, 0.2) is 65.8 Å². The summed E-state index contributed by atoms with van der Waals surface area (Å²) in [6.07, 6.45) is 4.36. The van der Waals surface area contributed by atoms with Crippen LogP contribution in [-0.2, 0) is 18.4 Å². The molecule has 0 bridgehead atoms. The summed E-state index contributed by atoms with van der Waals surface area (Å²) >= 11 is 0. The number of hydrogen-bond donors (Lipinski definition) is 3. The van der Waals surface area contributed by atoms with Crippen molar-refractivity contribution in [1.29, 1.82) is 0 Å². The van der Waals surface area contributed by atoms with E-state index in [2.05, 4.69) is 20.9 Å². The fraction of sp³-hybridized carbons (Fsp3) is 0.294. The predicted octanol–water partition coefficient (Wildman–Crippen LogP) is 4.75. The van der Waals surface area contributed by atoms with Gasteiger partial charge < -0.3 is 25.3 Å². The summed E-state index contributed by atoms with van der Waals surface area (Å²) in [4.78, 5) is 41.4. The van der Waals surface area contributed by atoms with Crippen molar-refractivity contribution in [3.8, 4) is 28.0 Å². The molecule has 1 atom stereocenters. The van der Waals surface area contributed by atoms with Gasteiger partial charge in [0.05, 0.1) is 19.4 Å². The van der Waals surface area contributed by atoms with Gasteiger partial charge in [-0.05, 0) is 78.3 Å². The topological polar surface area (TPSA) is 114 Å². The third kappa shape index (κ3) is 6.26. The Kier molecular flexibility index (Phi) is 9.20. The number of piperidine rings is 1. The molecule has 228 valence electrons. The summed E-state index contributed by atoms with van der Waals surface area (Å²) in [5.41, 5.74) is 5.56. The van der Waals surface area contributed by atoms with E-state index in [1.807, 2.05) is 50.2 Å². The molecule has 2 heterocycles. The molecule has 10 heteroatoms. The second kappa shape index (κ2) is 13.2. The second-order valence-electron chi connectivity index (χ2n) is 11.0. The van der Waals surface area contributed by atoms with E-state index in [0.29, 0.717) is 35.7 Å². The summed E-state index contributed by atoms with van der Waals surface area (Å²) in [6, 6.07) is 14.8. The van der Waals surface area contributed by atoms with Gasteiger partial charge in [0.2, 0.25) is 5.91 Å². The van der Waals surface area contributed by atoms with Crippen LogP contribution in [0.1, 0.15) is 39.9 Å². The third-order valence-corrected chi connectivity index (χ3v) is 8.22. The molecule has 1 saturated heterocycles. The van der Waals surface area contributed by atoms with Gasteiger partial charge in [0.15, 0.2) is 0 Å². The Morgan fingerprint density at radius 2 is 1.82 bits per heavy atom. The number of carbonyl (C=O) groups is 2. The van der Waals surface area contributed by atoms with Crippen molar-refractivity contribution >= 4 is 17.5 Å². The number of nitrogens with zero attached hydrogens (tertiary/aromatic N) is 2. The van der Waals surface area contributed by atoms with Crippen LogP contribution in [0.5, 0.6) is 5.75 Å². The van der Waals surface area contributed by atoms with E-state index in [4.69, 9.17) is 4.74 Å². The van der Waals surface area contributed by atoms with Gasteiger partial charge in [-0.25, -0.2) is 9.37 Å². The van der Waals surface area contributed by atoms with Crippen molar-refractivity contribution in [3.63, 3.8) is 0 Å². The number of aryl methyl sites for hydroxylation is 1. The maximum atomic E-state index is 15.5. The highest BCUT2D eigenvalue weighted by Crippen LogP contribution is 2.37. The molecule has 0 radical (unpaired) electrons. The lowest BCUT2D eigenvalue weighted by Gasteiger charge is -2.22. The number of amides is 2. The highest BCUT2D eigenvalue weighted by Gasteiger charge is 2.22. The van der Waals surface area contributed by atoms with Crippen LogP contribution < -0.4 is 26.2 Å². The van der Waals surface area contributed by atoms with Gasteiger partial charge in [0.1, 0.15) is 17.1 Å². The highest BCUT2D eigenvalue weighted by atomic mass is 19.1. The second-order valence-corrected chi connectivity index (χ2v) is 11.0. The van der Waals surface area contributed by atoms with Crippen LogP contribution in [0.2, 0.25) is 0 Å². The van der Waals surface area contributed by atoms with Crippen LogP contribution in [0, 0.1) is 25.6 Å². The first-order chi connectivity index (χ1) is 21.2. The average molecular weight is 598 g/mol. The Labute approximate surface area is 255 Å². The number of hydrogen-bond acceptors (Lipinski definition) is 6. The number of aromatic nitrogens is 2. The zero-order valence-corrected chi connectivity index (χ0v) is 25.3. The highest BCUT2D eigenvalue weighted by molar-refractivity contribution is 6.04. The number of ether oxygens (including phenoxy) is 1. The lowest BCUT2D eigenvalue weighted by atomic mass is 9.90. The minimum absolute atomic E-state index is 0.0318. The van der Waals surface area contributed by atoms with Crippen molar-refractivity contribution in [1.82, 2.24) is 20.2 Å². The van der Waals surface area contributed by atoms with Gasteiger partial charge in [-0.3, -0.25) is 14.4 Å². The molecule has 1 aliphatic heterocycles. The number of anilines is 1. The maximum Gasteiger partial charge on any atom is 0.265 e. The fourth-order valence-corrected chi connectivity index (χ4v) is 5.68. The minimum Gasteiger partial charge on any atom is -0.496 e. The van der Waals surface area contributed by atoms with Gasteiger partial charge in [-0.1, -0.05) is 30.3 Å². The van der Waals surface area contributed by atoms with E-state index in [0.717, 1.165) is 40.7 Å². The SMILES string of the molecule is COc1cc(-c2cccc(-c3cccc(NC(=O)c4cncn(C)c4=O)c3C)c2C)cc(F)c1CNCC1CCCNC1=O. The molecule has 9 nitrogen and oxygen atoms in total. The summed E-state index contributed by atoms with van der Waals surface area (Å²) in [5.74, 6) is -0.603. The fourth-order valence-electron chi connectivity index (χ4n) is 5.68. The Morgan fingerprint density at radius 1 is 1.09 bits per heavy atom. The molecule has 0 spiro atoms. The first kappa shape index (κ1) is 30.6. The molecule has 1 fully saturated rings. The number of carbonyl (C=O) groups excluding carboxylic acids is 2. The molecule has 0 aliphatic carbocycles. The van der Waals surface area contributed by atoms with Crippen LogP contribution in [0.4, 0.5) is 10.1 Å². The zero-order chi connectivity index (χ0) is 31.4. The standard InChI is InChI=1S/C34H36FN5O4/c1-20-24(23-14-29(35)27(31(15-23)44-4)17-36-16-22-8-7-13-38-32(22)41)9-5-10-25(20)26-11-6-12-30(21(26)2)39-33(42)28-18-37-19-40(3)34(28)43/h5-6,9-12,14-15,18-19,22,36H,7-8,13,16-17H2,1-4H3,(H,38,41)(H,39,42). The molecule has 44 heavy (non-hydrogen) atoms. The Morgan fingerprint density at radius 3 is 2.57 bits per heavy atom. The van der Waals surface area contributed by atoms with Crippen LogP contribution >= 0.6 is 0 Å². The minimum atomic E-state index is -0.538. The maximum absolute atomic E-state index is 15.5. The van der Waals surface area contributed by atoms with Gasteiger partial charge in [0.25, 0.3) is 11.5 Å². The first-order valence-electron chi connectivity index (χ1n) is 14.6. The van der Waals surface area contributed by atoms with Crippen molar-refractivity contribution < 1.29 is 18.7 Å². The average Bonchev–Trinajstić information content (AvgIpc) is 3.01. The molecule has 1 aromatic heterocycles. The van der Waals surface area contributed by atoms with Crippen molar-refractivity contribution in [3.05, 3.63) is 99.5 Å². The largest absolute Gasteiger partial charge is 0.496 e. The van der Waals surface area contributed by atoms with E-state index in [1.54, 1.807) is 13.1 Å². The normalized spacial score (nSPS) is 14.7. The zero-order valence-electron chi connectivity index (χ0n) is 25.3. The number of benzene rings is 3. The van der Waals surface area contributed by atoms with Crippen LogP contribution in [0.25, 0.3) is 22.3 Å². The molecule has 5 rings (SSSR count). The molecule has 1 aliphatic rings. The molecule has 3 N–H and O–H groups in total. The number of halogens is 1. The number of nitrogens with one attached hydrogen (secondary N) is 3. The molecule has 4 aromatic rings. The van der Waals surface area contributed by atoms with E-state index in [9.17, 15) is 14.4 Å². The van der Waals surface area contributed by atoms with Crippen molar-refractivity contribution in [2.24, 2.45) is 13.0 Å². The van der Waals surface area contributed by atoms with Crippen LogP contribution in [0.3, 0.4) is 0 Å². The smallest absolute Gasteiger partial charge is 0.265 e. The quantitative estimate of drug-likeness (QED) is 0.257. The van der Waals surface area contributed by atoms with Crippen LogP contribution in [-0.4, -0.2) is 41.6 Å². The van der Waals surface area contributed by atoms with E-state index in [1.165, 1.54) is 30.3 Å². The first-order valence-corrected chi connectivity index (χ1v) is 14.6. The summed E-state index contributed by atoms with van der Waals surface area (Å²) < 4.78 is 22.4. The van der Waals surface area contributed by atoms with E-state index in [-0.39, 0.29) is 23.9 Å². The van der Waals surface area contributed by atoms with Gasteiger partial charge >= 0.3 is 0 Å². The third-order valence-electron chi connectivity index (χ3n) is 8.22. The molecule has 2 amide bonds. The van der Waals surface area contributed by atoms with E-state index < -0.39 is 17.3 Å². The predicted molar refractivity (Wildman–Crippen MR) is 168 cm³/mol. The molecular formula is C34H36FN5O4. The molecule has 1 unspecified atom stereocenters. The summed E-state index contributed by atoms with van der Waals surface area (Å²) in [7, 11) is 3.06. The Balaban J connectivity index is 1.41. The van der Waals surface area contributed by atoms with Crippen molar-refractivity contribution in [2.45, 2.75) is 33.2 Å². The van der Waals surface area contributed by atoms with E-state index >= 15 is 4.39 Å². The Bertz CT molecular complexity index is 1780. The molecule has 3 aromatic carbocycles. The summed E-state index contributed by atoms with van der Waals surface area (Å²) in [5, 5.41) is 8.96. The van der Waals surface area contributed by atoms with Gasteiger partial charge in [0, 0.05) is 44.1 Å². The van der Waals surface area contributed by atoms with Gasteiger partial charge in [-0.2, -0.15) is 0 Å².